The lowest BCUT2D eigenvalue weighted by atomic mass is 10.0. The zero-order valence-corrected chi connectivity index (χ0v) is 13.9. The number of fused-ring (bicyclic) bond motifs is 2. The van der Waals surface area contributed by atoms with E-state index >= 15 is 0 Å². The lowest BCUT2D eigenvalue weighted by molar-refractivity contribution is 0.151. The maximum Gasteiger partial charge on any atom is 0.186 e. The Labute approximate surface area is 137 Å². The second-order valence-electron chi connectivity index (χ2n) is 6.11. The van der Waals surface area contributed by atoms with Crippen LogP contribution < -0.4 is 4.90 Å². The van der Waals surface area contributed by atoms with Crippen molar-refractivity contribution >= 4 is 38.0 Å². The summed E-state index contributed by atoms with van der Waals surface area (Å²) in [5, 5.41) is 3.42. The highest BCUT2D eigenvalue weighted by Crippen LogP contribution is 2.34. The molecule has 2 aliphatic heterocycles. The van der Waals surface area contributed by atoms with Crippen molar-refractivity contribution in [1.29, 1.82) is 0 Å². The molecule has 0 atom stereocenters. The Morgan fingerprint density at radius 2 is 2.05 bits per heavy atom. The van der Waals surface area contributed by atoms with Crippen molar-refractivity contribution in [2.24, 2.45) is 0 Å². The van der Waals surface area contributed by atoms with Gasteiger partial charge in [0.1, 0.15) is 0 Å². The van der Waals surface area contributed by atoms with Gasteiger partial charge in [0.05, 0.1) is 10.2 Å². The van der Waals surface area contributed by atoms with E-state index < -0.39 is 0 Å². The van der Waals surface area contributed by atoms with Crippen molar-refractivity contribution < 1.29 is 0 Å². The quantitative estimate of drug-likeness (QED) is 0.717. The van der Waals surface area contributed by atoms with E-state index in [0.717, 1.165) is 25.2 Å². The van der Waals surface area contributed by atoms with Crippen molar-refractivity contribution in [3.63, 3.8) is 0 Å². The largest absolute Gasteiger partial charge is 0.345 e. The van der Waals surface area contributed by atoms with Gasteiger partial charge in [0.2, 0.25) is 0 Å². The van der Waals surface area contributed by atoms with E-state index in [0.29, 0.717) is 6.04 Å². The molecule has 2 aliphatic rings. The van der Waals surface area contributed by atoms with Gasteiger partial charge in [0.15, 0.2) is 5.13 Å². The molecule has 1 saturated heterocycles. The second kappa shape index (κ2) is 5.05. The van der Waals surface area contributed by atoms with Crippen LogP contribution in [0, 0.1) is 0 Å². The standard InChI is InChI=1S/C17H17N3S2/c1-2-4-16-14(3-1)18-17(22-16)20-10-13(11-20)19-7-5-15-12(9-19)6-8-21-15/h1-4,6,8,13H,5,7,9-11H2. The van der Waals surface area contributed by atoms with Crippen molar-refractivity contribution in [1.82, 2.24) is 9.88 Å². The average Bonchev–Trinajstić information content (AvgIpc) is 3.11. The van der Waals surface area contributed by atoms with Crippen LogP contribution in [-0.2, 0) is 13.0 Å². The van der Waals surface area contributed by atoms with E-state index in [9.17, 15) is 0 Å². The lowest BCUT2D eigenvalue weighted by Crippen LogP contribution is -2.60. The summed E-state index contributed by atoms with van der Waals surface area (Å²) in [6, 6.07) is 11.4. The smallest absolute Gasteiger partial charge is 0.186 e. The highest BCUT2D eigenvalue weighted by Gasteiger charge is 2.35. The van der Waals surface area contributed by atoms with Gasteiger partial charge in [-0.05, 0) is 35.6 Å². The van der Waals surface area contributed by atoms with Gasteiger partial charge in [0.25, 0.3) is 0 Å². The van der Waals surface area contributed by atoms with E-state index in [1.54, 1.807) is 10.4 Å². The lowest BCUT2D eigenvalue weighted by Gasteiger charge is -2.46. The predicted octanol–water partition coefficient (Wildman–Crippen LogP) is 3.60. The molecule has 5 rings (SSSR count). The van der Waals surface area contributed by atoms with Crippen LogP contribution >= 0.6 is 22.7 Å². The number of benzene rings is 1. The van der Waals surface area contributed by atoms with Crippen LogP contribution in [0.4, 0.5) is 5.13 Å². The molecule has 0 aliphatic carbocycles. The Morgan fingerprint density at radius 1 is 1.14 bits per heavy atom. The van der Waals surface area contributed by atoms with Crippen LogP contribution in [-0.4, -0.2) is 35.6 Å². The van der Waals surface area contributed by atoms with Crippen LogP contribution in [0.25, 0.3) is 10.2 Å². The molecule has 1 aromatic carbocycles. The molecule has 2 aromatic heterocycles. The average molecular weight is 327 g/mol. The number of anilines is 1. The van der Waals surface area contributed by atoms with Gasteiger partial charge in [-0.1, -0.05) is 23.5 Å². The summed E-state index contributed by atoms with van der Waals surface area (Å²) < 4.78 is 1.29. The molecule has 3 nitrogen and oxygen atoms in total. The van der Waals surface area contributed by atoms with Crippen LogP contribution in [0.5, 0.6) is 0 Å². The van der Waals surface area contributed by atoms with Gasteiger partial charge in [-0.15, -0.1) is 11.3 Å². The molecular formula is C17H17N3S2. The fourth-order valence-electron chi connectivity index (χ4n) is 3.42. The molecule has 5 heteroatoms. The molecule has 0 N–H and O–H groups in total. The number of hydrogen-bond donors (Lipinski definition) is 0. The molecule has 0 bridgehead atoms. The molecule has 1 fully saturated rings. The fourth-order valence-corrected chi connectivity index (χ4v) is 5.29. The topological polar surface area (TPSA) is 19.4 Å². The molecule has 4 heterocycles. The molecular weight excluding hydrogens is 310 g/mol. The van der Waals surface area contributed by atoms with Crippen molar-refractivity contribution in [3.8, 4) is 0 Å². The SMILES string of the molecule is c1ccc2sc(N3CC(N4CCc5sccc5C4)C3)nc2c1. The molecule has 3 aromatic rings. The number of thiophene rings is 1. The normalized spacial score (nSPS) is 19.4. The van der Waals surface area contributed by atoms with Crippen molar-refractivity contribution in [3.05, 3.63) is 46.2 Å². The third-order valence-corrected chi connectivity index (χ3v) is 6.89. The van der Waals surface area contributed by atoms with E-state index in [1.807, 2.05) is 22.7 Å². The molecule has 0 unspecified atom stereocenters. The third kappa shape index (κ3) is 2.07. The van der Waals surface area contributed by atoms with Gasteiger partial charge in [0, 0.05) is 37.1 Å². The van der Waals surface area contributed by atoms with E-state index in [2.05, 4.69) is 45.5 Å². The zero-order valence-electron chi connectivity index (χ0n) is 12.2. The zero-order chi connectivity index (χ0) is 14.5. The molecule has 112 valence electrons. The van der Waals surface area contributed by atoms with E-state index in [1.165, 1.54) is 22.8 Å². The highest BCUT2D eigenvalue weighted by molar-refractivity contribution is 7.22. The number of hydrogen-bond acceptors (Lipinski definition) is 5. The monoisotopic (exact) mass is 327 g/mol. The van der Waals surface area contributed by atoms with Crippen molar-refractivity contribution in [2.45, 2.75) is 19.0 Å². The number of nitrogens with zero attached hydrogens (tertiary/aromatic N) is 3. The summed E-state index contributed by atoms with van der Waals surface area (Å²) >= 11 is 3.74. The molecule has 0 radical (unpaired) electrons. The summed E-state index contributed by atoms with van der Waals surface area (Å²) in [7, 11) is 0. The van der Waals surface area contributed by atoms with Gasteiger partial charge in [-0.2, -0.15) is 0 Å². The van der Waals surface area contributed by atoms with Gasteiger partial charge in [-0.3, -0.25) is 4.90 Å². The first-order chi connectivity index (χ1) is 10.9. The number of thiazole rings is 1. The van der Waals surface area contributed by atoms with E-state index in [4.69, 9.17) is 4.98 Å². The Hall–Kier alpha value is -1.43. The second-order valence-corrected chi connectivity index (χ2v) is 8.12. The molecule has 22 heavy (non-hydrogen) atoms. The van der Waals surface area contributed by atoms with Crippen LogP contribution in [0.2, 0.25) is 0 Å². The van der Waals surface area contributed by atoms with E-state index in [-0.39, 0.29) is 0 Å². The summed E-state index contributed by atoms with van der Waals surface area (Å²) in [6.45, 7) is 4.60. The predicted molar refractivity (Wildman–Crippen MR) is 94.1 cm³/mol. The molecule has 0 amide bonds. The third-order valence-electron chi connectivity index (χ3n) is 4.77. The first-order valence-corrected chi connectivity index (χ1v) is 9.46. The van der Waals surface area contributed by atoms with Crippen molar-refractivity contribution in [2.75, 3.05) is 24.5 Å². The van der Waals surface area contributed by atoms with Gasteiger partial charge < -0.3 is 4.90 Å². The Bertz CT molecular complexity index is 783. The summed E-state index contributed by atoms with van der Waals surface area (Å²) in [4.78, 5) is 11.4. The summed E-state index contributed by atoms with van der Waals surface area (Å²) in [6.07, 6.45) is 1.23. The van der Waals surface area contributed by atoms with Crippen LogP contribution in [0.1, 0.15) is 10.4 Å². The fraction of sp³-hybridized carbons (Fsp3) is 0.353. The van der Waals surface area contributed by atoms with Crippen LogP contribution in [0.3, 0.4) is 0 Å². The Morgan fingerprint density at radius 3 is 2.95 bits per heavy atom. The van der Waals surface area contributed by atoms with Gasteiger partial charge in [-0.25, -0.2) is 4.98 Å². The maximum atomic E-state index is 4.77. The minimum atomic E-state index is 0.695. The number of aromatic nitrogens is 1. The number of rotatable bonds is 2. The first kappa shape index (κ1) is 13.0. The Balaban J connectivity index is 1.28. The van der Waals surface area contributed by atoms with Gasteiger partial charge >= 0.3 is 0 Å². The van der Waals surface area contributed by atoms with Crippen LogP contribution in [0.15, 0.2) is 35.7 Å². The molecule has 0 spiro atoms. The minimum absolute atomic E-state index is 0.695. The Kier molecular flexibility index (Phi) is 2.99. The summed E-state index contributed by atoms with van der Waals surface area (Å²) in [5.41, 5.74) is 2.68. The highest BCUT2D eigenvalue weighted by atomic mass is 32.1. The first-order valence-electron chi connectivity index (χ1n) is 7.76. The molecule has 0 saturated carbocycles. The summed E-state index contributed by atoms with van der Waals surface area (Å²) in [5.74, 6) is 0. The minimum Gasteiger partial charge on any atom is -0.345 e. The number of para-hydroxylation sites is 1. The maximum absolute atomic E-state index is 4.77.